The van der Waals surface area contributed by atoms with Gasteiger partial charge in [0.05, 0.1) is 14.2 Å². The first-order valence-electron chi connectivity index (χ1n) is 7.98. The normalized spacial score (nSPS) is 10.0. The summed E-state index contributed by atoms with van der Waals surface area (Å²) >= 11 is 0. The number of carbonyl (C=O) groups excluding carboxylic acids is 2. The maximum atomic E-state index is 12.0. The molecule has 2 aromatic rings. The molecule has 0 spiro atoms. The number of hydrogen-bond acceptors (Lipinski definition) is 4. The summed E-state index contributed by atoms with van der Waals surface area (Å²) in [5.74, 6) is 1.11. The molecule has 0 aliphatic carbocycles. The molecule has 2 amide bonds. The van der Waals surface area contributed by atoms with Gasteiger partial charge in [0.15, 0.2) is 0 Å². The highest BCUT2D eigenvalue weighted by Crippen LogP contribution is 2.11. The van der Waals surface area contributed by atoms with E-state index in [1.165, 1.54) is 0 Å². The summed E-state index contributed by atoms with van der Waals surface area (Å²) in [6, 6.07) is 13.8. The number of nitrogens with one attached hydrogen (secondary N) is 2. The summed E-state index contributed by atoms with van der Waals surface area (Å²) in [7, 11) is 3.16. The Hall–Kier alpha value is -3.02. The SMILES string of the molecule is COc1ccc(C(=O)NCCCNC(=O)c2ccc(OC)cc2)cc1. The van der Waals surface area contributed by atoms with Crippen molar-refractivity contribution in [3.05, 3.63) is 59.7 Å². The zero-order valence-corrected chi connectivity index (χ0v) is 14.4. The van der Waals surface area contributed by atoms with Gasteiger partial charge in [0.2, 0.25) is 0 Å². The largest absolute Gasteiger partial charge is 0.497 e. The Morgan fingerprint density at radius 3 is 1.40 bits per heavy atom. The Labute approximate surface area is 147 Å². The highest BCUT2D eigenvalue weighted by molar-refractivity contribution is 5.94. The molecule has 25 heavy (non-hydrogen) atoms. The van der Waals surface area contributed by atoms with Crippen molar-refractivity contribution >= 4 is 11.8 Å². The predicted octanol–water partition coefficient (Wildman–Crippen LogP) is 2.25. The molecule has 0 saturated heterocycles. The topological polar surface area (TPSA) is 76.7 Å². The molecule has 6 heteroatoms. The van der Waals surface area contributed by atoms with Crippen LogP contribution in [0.5, 0.6) is 11.5 Å². The first kappa shape index (κ1) is 18.3. The number of benzene rings is 2. The third-order valence-electron chi connectivity index (χ3n) is 3.63. The van der Waals surface area contributed by atoms with E-state index in [-0.39, 0.29) is 11.8 Å². The molecule has 6 nitrogen and oxygen atoms in total. The van der Waals surface area contributed by atoms with Crippen LogP contribution < -0.4 is 20.1 Å². The maximum absolute atomic E-state index is 12.0. The molecule has 0 aliphatic heterocycles. The van der Waals surface area contributed by atoms with Gasteiger partial charge in [-0.15, -0.1) is 0 Å². The van der Waals surface area contributed by atoms with Crippen LogP contribution in [0, 0.1) is 0 Å². The van der Waals surface area contributed by atoms with E-state index in [9.17, 15) is 9.59 Å². The van der Waals surface area contributed by atoms with E-state index >= 15 is 0 Å². The van der Waals surface area contributed by atoms with Gasteiger partial charge in [-0.25, -0.2) is 0 Å². The molecule has 0 fully saturated rings. The Kier molecular flexibility index (Phi) is 6.83. The van der Waals surface area contributed by atoms with Crippen molar-refractivity contribution in [3.8, 4) is 11.5 Å². The van der Waals surface area contributed by atoms with Crippen LogP contribution in [0.2, 0.25) is 0 Å². The van der Waals surface area contributed by atoms with Gasteiger partial charge < -0.3 is 20.1 Å². The Bertz CT molecular complexity index is 635. The molecule has 0 aliphatic rings. The lowest BCUT2D eigenvalue weighted by molar-refractivity contribution is 0.0952. The summed E-state index contributed by atoms with van der Waals surface area (Å²) in [5, 5.41) is 5.63. The van der Waals surface area contributed by atoms with Crippen molar-refractivity contribution < 1.29 is 19.1 Å². The second-order valence-corrected chi connectivity index (χ2v) is 5.32. The molecule has 0 aromatic heterocycles. The predicted molar refractivity (Wildman–Crippen MR) is 95.3 cm³/mol. The Balaban J connectivity index is 1.68. The monoisotopic (exact) mass is 342 g/mol. The van der Waals surface area contributed by atoms with Crippen molar-refractivity contribution in [2.45, 2.75) is 6.42 Å². The van der Waals surface area contributed by atoms with Gasteiger partial charge in [0.25, 0.3) is 11.8 Å². The first-order valence-corrected chi connectivity index (χ1v) is 7.98. The van der Waals surface area contributed by atoms with E-state index in [2.05, 4.69) is 10.6 Å². The lowest BCUT2D eigenvalue weighted by Gasteiger charge is -2.08. The van der Waals surface area contributed by atoms with Crippen molar-refractivity contribution in [1.29, 1.82) is 0 Å². The van der Waals surface area contributed by atoms with E-state index < -0.39 is 0 Å². The fourth-order valence-corrected chi connectivity index (χ4v) is 2.18. The zero-order valence-electron chi connectivity index (χ0n) is 14.4. The lowest BCUT2D eigenvalue weighted by atomic mass is 10.2. The molecule has 0 heterocycles. The smallest absolute Gasteiger partial charge is 0.251 e. The van der Waals surface area contributed by atoms with Gasteiger partial charge in [0.1, 0.15) is 11.5 Å². The van der Waals surface area contributed by atoms with E-state index in [0.29, 0.717) is 42.1 Å². The summed E-state index contributed by atoms with van der Waals surface area (Å²) in [4.78, 5) is 23.9. The number of ether oxygens (including phenoxy) is 2. The quantitative estimate of drug-likeness (QED) is 0.722. The molecular weight excluding hydrogens is 320 g/mol. The number of carbonyl (C=O) groups is 2. The summed E-state index contributed by atoms with van der Waals surface area (Å²) in [6.45, 7) is 0.960. The molecule has 0 bridgehead atoms. The minimum absolute atomic E-state index is 0.149. The highest BCUT2D eigenvalue weighted by atomic mass is 16.5. The number of hydrogen-bond donors (Lipinski definition) is 2. The van der Waals surface area contributed by atoms with Crippen LogP contribution in [-0.2, 0) is 0 Å². The van der Waals surface area contributed by atoms with Gasteiger partial charge >= 0.3 is 0 Å². The third kappa shape index (κ3) is 5.53. The third-order valence-corrected chi connectivity index (χ3v) is 3.63. The minimum Gasteiger partial charge on any atom is -0.497 e. The second kappa shape index (κ2) is 9.32. The summed E-state index contributed by atoms with van der Waals surface area (Å²) in [5.41, 5.74) is 1.14. The van der Waals surface area contributed by atoms with Crippen molar-refractivity contribution in [2.75, 3.05) is 27.3 Å². The van der Waals surface area contributed by atoms with Gasteiger partial charge in [-0.3, -0.25) is 9.59 Å². The molecule has 132 valence electrons. The molecule has 0 atom stereocenters. The summed E-state index contributed by atoms with van der Waals surface area (Å²) < 4.78 is 10.1. The van der Waals surface area contributed by atoms with Crippen LogP contribution in [0.1, 0.15) is 27.1 Å². The molecule has 2 N–H and O–H groups in total. The number of methoxy groups -OCH3 is 2. The van der Waals surface area contributed by atoms with Gasteiger partial charge in [-0.2, -0.15) is 0 Å². The first-order chi connectivity index (χ1) is 12.1. The van der Waals surface area contributed by atoms with Crippen LogP contribution in [0.4, 0.5) is 0 Å². The minimum atomic E-state index is -0.149. The summed E-state index contributed by atoms with van der Waals surface area (Å²) in [6.07, 6.45) is 0.643. The van der Waals surface area contributed by atoms with Crippen LogP contribution in [0.15, 0.2) is 48.5 Å². The van der Waals surface area contributed by atoms with E-state index in [0.717, 1.165) is 0 Å². The van der Waals surface area contributed by atoms with Gasteiger partial charge in [-0.05, 0) is 55.0 Å². The molecule has 0 saturated carbocycles. The fourth-order valence-electron chi connectivity index (χ4n) is 2.18. The Morgan fingerprint density at radius 1 is 0.720 bits per heavy atom. The van der Waals surface area contributed by atoms with Crippen LogP contribution in [-0.4, -0.2) is 39.1 Å². The molecule has 2 aromatic carbocycles. The average molecular weight is 342 g/mol. The second-order valence-electron chi connectivity index (χ2n) is 5.32. The number of amides is 2. The van der Waals surface area contributed by atoms with E-state index in [1.54, 1.807) is 62.8 Å². The zero-order chi connectivity index (χ0) is 18.1. The molecule has 0 unspecified atom stereocenters. The van der Waals surface area contributed by atoms with Gasteiger partial charge in [0, 0.05) is 24.2 Å². The Morgan fingerprint density at radius 2 is 1.08 bits per heavy atom. The van der Waals surface area contributed by atoms with Crippen molar-refractivity contribution in [2.24, 2.45) is 0 Å². The maximum Gasteiger partial charge on any atom is 0.251 e. The lowest BCUT2D eigenvalue weighted by Crippen LogP contribution is -2.29. The van der Waals surface area contributed by atoms with Crippen LogP contribution >= 0.6 is 0 Å². The highest BCUT2D eigenvalue weighted by Gasteiger charge is 2.06. The van der Waals surface area contributed by atoms with Crippen LogP contribution in [0.3, 0.4) is 0 Å². The van der Waals surface area contributed by atoms with E-state index in [1.807, 2.05) is 0 Å². The standard InChI is InChI=1S/C19H22N2O4/c1-24-16-8-4-14(5-9-16)18(22)20-12-3-13-21-19(23)15-6-10-17(25-2)11-7-15/h4-11H,3,12-13H2,1-2H3,(H,20,22)(H,21,23). The average Bonchev–Trinajstić information content (AvgIpc) is 2.67. The van der Waals surface area contributed by atoms with Crippen LogP contribution in [0.25, 0.3) is 0 Å². The van der Waals surface area contributed by atoms with E-state index in [4.69, 9.17) is 9.47 Å². The fraction of sp³-hybridized carbons (Fsp3) is 0.263. The number of rotatable bonds is 8. The molecule has 0 radical (unpaired) electrons. The molecular formula is C19H22N2O4. The molecule has 2 rings (SSSR count). The van der Waals surface area contributed by atoms with Crippen molar-refractivity contribution in [3.63, 3.8) is 0 Å². The van der Waals surface area contributed by atoms with Gasteiger partial charge in [-0.1, -0.05) is 0 Å². The van der Waals surface area contributed by atoms with Crippen molar-refractivity contribution in [1.82, 2.24) is 10.6 Å².